The highest BCUT2D eigenvalue weighted by molar-refractivity contribution is 6.19. The second kappa shape index (κ2) is 12.2. The van der Waals surface area contributed by atoms with Gasteiger partial charge in [-0.3, -0.25) is 0 Å². The average Bonchev–Trinajstić information content (AvgIpc) is 3.76. The van der Waals surface area contributed by atoms with Crippen LogP contribution in [0.3, 0.4) is 0 Å². The lowest BCUT2D eigenvalue weighted by Gasteiger charge is -2.29. The quantitative estimate of drug-likeness (QED) is 0.169. The normalized spacial score (nSPS) is 11.7. The lowest BCUT2D eigenvalue weighted by molar-refractivity contribution is 1.18. The second-order valence-electron chi connectivity index (χ2n) is 14.1. The summed E-state index contributed by atoms with van der Waals surface area (Å²) in [7, 11) is 0. The van der Waals surface area contributed by atoms with E-state index in [4.69, 9.17) is 0 Å². The summed E-state index contributed by atoms with van der Waals surface area (Å²) in [5.41, 5.74) is 16.8. The van der Waals surface area contributed by atoms with Crippen molar-refractivity contribution in [1.82, 2.24) is 4.57 Å². The maximum Gasteiger partial charge on any atom is 0.0562 e. The Morgan fingerprint density at radius 2 is 0.870 bits per heavy atom. The molecule has 0 spiro atoms. The number of aromatic nitrogens is 1. The van der Waals surface area contributed by atoms with Gasteiger partial charge in [0.15, 0.2) is 0 Å². The van der Waals surface area contributed by atoms with Crippen LogP contribution in [0.15, 0.2) is 206 Å². The van der Waals surface area contributed by atoms with Gasteiger partial charge >= 0.3 is 0 Å². The predicted octanol–water partition coefficient (Wildman–Crippen LogP) is 14.4. The van der Waals surface area contributed by atoms with Crippen LogP contribution >= 0.6 is 0 Å². The first kappa shape index (κ1) is 30.5. The minimum atomic E-state index is 1.10. The fourth-order valence-electron chi connectivity index (χ4n) is 8.81. The van der Waals surface area contributed by atoms with Crippen molar-refractivity contribution in [3.8, 4) is 50.2 Å². The van der Waals surface area contributed by atoms with Crippen LogP contribution in [-0.2, 0) is 0 Å². The molecule has 2 nitrogen and oxygen atoms in total. The molecule has 252 valence electrons. The molecule has 54 heavy (non-hydrogen) atoms. The van der Waals surface area contributed by atoms with Gasteiger partial charge in [-0.2, -0.15) is 0 Å². The Kier molecular flexibility index (Phi) is 6.90. The Hall–Kier alpha value is -7.16. The van der Waals surface area contributed by atoms with E-state index >= 15 is 0 Å². The third kappa shape index (κ3) is 4.60. The van der Waals surface area contributed by atoms with Crippen molar-refractivity contribution in [3.63, 3.8) is 0 Å². The molecule has 0 amide bonds. The van der Waals surface area contributed by atoms with E-state index in [2.05, 4.69) is 216 Å². The molecule has 0 saturated heterocycles. The molecule has 9 aromatic carbocycles. The molecule has 10 aromatic rings. The maximum atomic E-state index is 2.48. The lowest BCUT2D eigenvalue weighted by atomic mass is 9.98. The molecule has 0 aliphatic heterocycles. The number of para-hydroxylation sites is 3. The van der Waals surface area contributed by atoms with E-state index in [1.54, 1.807) is 0 Å². The SMILES string of the molecule is c1ccc(-c2ccccc2N(c2ccc3c4ccccc4n(-c4ccccc4-c4ccccc4)c3c2)c2ccc3c4c(cccc24)-c2ccccc2-3)cc1. The van der Waals surface area contributed by atoms with Gasteiger partial charge in [0.05, 0.1) is 28.1 Å². The molecule has 0 saturated carbocycles. The predicted molar refractivity (Wildman–Crippen MR) is 228 cm³/mol. The molecular formula is C52H34N2. The van der Waals surface area contributed by atoms with Gasteiger partial charge in [-0.25, -0.2) is 0 Å². The first-order chi connectivity index (χ1) is 26.8. The molecule has 2 heteroatoms. The van der Waals surface area contributed by atoms with E-state index in [0.717, 1.165) is 28.3 Å². The van der Waals surface area contributed by atoms with Crippen molar-refractivity contribution in [2.24, 2.45) is 0 Å². The highest BCUT2D eigenvalue weighted by Crippen LogP contribution is 2.52. The van der Waals surface area contributed by atoms with Gasteiger partial charge < -0.3 is 9.47 Å². The summed E-state index contributed by atoms with van der Waals surface area (Å²) < 4.78 is 2.46. The molecule has 1 heterocycles. The van der Waals surface area contributed by atoms with Gasteiger partial charge in [0.1, 0.15) is 0 Å². The first-order valence-corrected chi connectivity index (χ1v) is 18.6. The van der Waals surface area contributed by atoms with E-state index in [0.29, 0.717) is 0 Å². The fraction of sp³-hybridized carbons (Fsp3) is 0. The summed E-state index contributed by atoms with van der Waals surface area (Å²) in [4.78, 5) is 2.48. The zero-order chi connectivity index (χ0) is 35.6. The van der Waals surface area contributed by atoms with Gasteiger partial charge in [0.25, 0.3) is 0 Å². The van der Waals surface area contributed by atoms with Crippen LogP contribution in [0.1, 0.15) is 0 Å². The fourth-order valence-corrected chi connectivity index (χ4v) is 8.81. The minimum absolute atomic E-state index is 1.10. The van der Waals surface area contributed by atoms with Crippen molar-refractivity contribution in [2.45, 2.75) is 0 Å². The zero-order valence-corrected chi connectivity index (χ0v) is 29.5. The smallest absolute Gasteiger partial charge is 0.0562 e. The van der Waals surface area contributed by atoms with Crippen LogP contribution in [0.25, 0.3) is 82.8 Å². The number of nitrogens with zero attached hydrogens (tertiary/aromatic N) is 2. The third-order valence-electron chi connectivity index (χ3n) is 11.1. The van der Waals surface area contributed by atoms with E-state index in [-0.39, 0.29) is 0 Å². The summed E-state index contributed by atoms with van der Waals surface area (Å²) in [5.74, 6) is 0. The van der Waals surface area contributed by atoms with Crippen LogP contribution in [0.5, 0.6) is 0 Å². The molecule has 1 aromatic heterocycles. The minimum Gasteiger partial charge on any atom is -0.309 e. The van der Waals surface area contributed by atoms with Crippen LogP contribution < -0.4 is 4.90 Å². The first-order valence-electron chi connectivity index (χ1n) is 18.6. The summed E-state index contributed by atoms with van der Waals surface area (Å²) in [6, 6.07) is 75.2. The number of hydrogen-bond donors (Lipinski definition) is 0. The second-order valence-corrected chi connectivity index (χ2v) is 14.1. The summed E-state index contributed by atoms with van der Waals surface area (Å²) in [5, 5.41) is 5.01. The lowest BCUT2D eigenvalue weighted by Crippen LogP contribution is -2.12. The highest BCUT2D eigenvalue weighted by Gasteiger charge is 2.26. The number of fused-ring (bicyclic) bond motifs is 6. The van der Waals surface area contributed by atoms with Gasteiger partial charge in [-0.1, -0.05) is 170 Å². The van der Waals surface area contributed by atoms with Crippen molar-refractivity contribution in [2.75, 3.05) is 4.90 Å². The standard InChI is InChI=1S/C52H34N2/c1-3-16-35(17-4-1)38-20-9-12-27-47(38)53(50-33-32-45-41-23-8-7-22-40(41)44-25-15-26-46(50)52(44)45)37-30-31-43-42-24-11-14-29-49(42)54(51(43)34-37)48-28-13-10-21-39(48)36-18-5-2-6-19-36/h1-34H. The topological polar surface area (TPSA) is 8.17 Å². The monoisotopic (exact) mass is 686 g/mol. The molecule has 0 unspecified atom stereocenters. The Morgan fingerprint density at radius 1 is 0.315 bits per heavy atom. The highest BCUT2D eigenvalue weighted by atomic mass is 15.1. The van der Waals surface area contributed by atoms with E-state index in [1.165, 1.54) is 71.6 Å². The van der Waals surface area contributed by atoms with Crippen LogP contribution in [0.4, 0.5) is 17.1 Å². The molecular weight excluding hydrogens is 653 g/mol. The number of hydrogen-bond acceptors (Lipinski definition) is 1. The van der Waals surface area contributed by atoms with Crippen molar-refractivity contribution >= 4 is 49.6 Å². The molecule has 0 N–H and O–H groups in total. The number of rotatable bonds is 6. The zero-order valence-electron chi connectivity index (χ0n) is 29.5. The van der Waals surface area contributed by atoms with E-state index in [1.807, 2.05) is 0 Å². The molecule has 1 aliphatic rings. The van der Waals surface area contributed by atoms with E-state index in [9.17, 15) is 0 Å². The summed E-state index contributed by atoms with van der Waals surface area (Å²) >= 11 is 0. The molecule has 0 bridgehead atoms. The van der Waals surface area contributed by atoms with Crippen LogP contribution in [0, 0.1) is 0 Å². The molecule has 0 radical (unpaired) electrons. The third-order valence-corrected chi connectivity index (χ3v) is 11.1. The Bertz CT molecular complexity index is 3020. The molecule has 0 atom stereocenters. The van der Waals surface area contributed by atoms with Crippen molar-refractivity contribution in [1.29, 1.82) is 0 Å². The Morgan fingerprint density at radius 3 is 1.65 bits per heavy atom. The Balaban J connectivity index is 1.22. The van der Waals surface area contributed by atoms with Gasteiger partial charge in [-0.05, 0) is 75.2 Å². The van der Waals surface area contributed by atoms with Crippen molar-refractivity contribution < 1.29 is 0 Å². The number of benzene rings is 9. The van der Waals surface area contributed by atoms with Gasteiger partial charge in [0, 0.05) is 33.0 Å². The largest absolute Gasteiger partial charge is 0.309 e. The summed E-state index contributed by atoms with van der Waals surface area (Å²) in [6.07, 6.45) is 0. The van der Waals surface area contributed by atoms with Gasteiger partial charge in [0.2, 0.25) is 0 Å². The molecule has 1 aliphatic carbocycles. The van der Waals surface area contributed by atoms with Crippen LogP contribution in [0.2, 0.25) is 0 Å². The van der Waals surface area contributed by atoms with Crippen LogP contribution in [-0.4, -0.2) is 4.57 Å². The Labute approximate surface area is 314 Å². The van der Waals surface area contributed by atoms with Gasteiger partial charge in [-0.15, -0.1) is 0 Å². The molecule has 11 rings (SSSR count). The molecule has 0 fully saturated rings. The summed E-state index contributed by atoms with van der Waals surface area (Å²) in [6.45, 7) is 0. The average molecular weight is 687 g/mol. The van der Waals surface area contributed by atoms with E-state index < -0.39 is 0 Å². The maximum absolute atomic E-state index is 2.48. The number of anilines is 3. The van der Waals surface area contributed by atoms with Crippen molar-refractivity contribution in [3.05, 3.63) is 206 Å².